The summed E-state index contributed by atoms with van der Waals surface area (Å²) in [5, 5.41) is 0. The standard InChI is InChI=1S/C25H22FN3O2/c1-31-21-12-6-17(7-13-21)15-29-23-5-3-2-4-22(23)27-25(29)18-14-24(30)28(16-18)20-10-8-19(26)9-11-20/h2-13,18H,14-16H2,1H3. The number of anilines is 1. The number of carbonyl (C=O) groups is 1. The van der Waals surface area contributed by atoms with Crippen LogP contribution in [0.2, 0.25) is 0 Å². The molecule has 0 bridgehead atoms. The molecular weight excluding hydrogens is 393 g/mol. The lowest BCUT2D eigenvalue weighted by Crippen LogP contribution is -2.24. The van der Waals surface area contributed by atoms with Gasteiger partial charge in [-0.25, -0.2) is 9.37 Å². The minimum atomic E-state index is -0.312. The molecule has 5 nitrogen and oxygen atoms in total. The molecule has 1 aliphatic heterocycles. The molecule has 0 spiro atoms. The lowest BCUT2D eigenvalue weighted by atomic mass is 10.1. The fraction of sp³-hybridized carbons (Fsp3) is 0.200. The molecule has 1 unspecified atom stereocenters. The van der Waals surface area contributed by atoms with Crippen LogP contribution < -0.4 is 9.64 Å². The van der Waals surface area contributed by atoms with Crippen LogP contribution in [0.5, 0.6) is 5.75 Å². The second kappa shape index (κ2) is 7.87. The molecule has 4 aromatic rings. The SMILES string of the molecule is COc1ccc(Cn2c(C3CC(=O)N(c4ccc(F)cc4)C3)nc3ccccc32)cc1. The lowest BCUT2D eigenvalue weighted by molar-refractivity contribution is -0.117. The zero-order chi connectivity index (χ0) is 21.4. The number of hydrogen-bond acceptors (Lipinski definition) is 3. The van der Waals surface area contributed by atoms with Gasteiger partial charge in [-0.1, -0.05) is 24.3 Å². The van der Waals surface area contributed by atoms with Gasteiger partial charge in [-0.05, 0) is 54.1 Å². The summed E-state index contributed by atoms with van der Waals surface area (Å²) in [5.41, 5.74) is 3.80. The number of aromatic nitrogens is 2. The summed E-state index contributed by atoms with van der Waals surface area (Å²) >= 11 is 0. The number of rotatable bonds is 5. The molecule has 31 heavy (non-hydrogen) atoms. The van der Waals surface area contributed by atoms with Crippen LogP contribution in [0, 0.1) is 5.82 Å². The van der Waals surface area contributed by atoms with Gasteiger partial charge in [-0.3, -0.25) is 4.79 Å². The smallest absolute Gasteiger partial charge is 0.227 e. The number of carbonyl (C=O) groups excluding carboxylic acids is 1. The molecule has 3 aromatic carbocycles. The molecule has 1 amide bonds. The first-order chi connectivity index (χ1) is 15.1. The van der Waals surface area contributed by atoms with Gasteiger partial charge in [-0.2, -0.15) is 0 Å². The Bertz CT molecular complexity index is 1230. The Labute approximate surface area is 179 Å². The zero-order valence-corrected chi connectivity index (χ0v) is 17.2. The van der Waals surface area contributed by atoms with Crippen LogP contribution >= 0.6 is 0 Å². The molecule has 5 rings (SSSR count). The van der Waals surface area contributed by atoms with Gasteiger partial charge in [-0.15, -0.1) is 0 Å². The summed E-state index contributed by atoms with van der Waals surface area (Å²) in [5.74, 6) is 1.39. The maximum absolute atomic E-state index is 13.3. The number of imidazole rings is 1. The van der Waals surface area contributed by atoms with Crippen molar-refractivity contribution in [3.63, 3.8) is 0 Å². The van der Waals surface area contributed by atoms with Crippen LogP contribution in [-0.4, -0.2) is 29.1 Å². The number of amides is 1. The molecular formula is C25H22FN3O2. The average molecular weight is 415 g/mol. The van der Waals surface area contributed by atoms with E-state index in [1.54, 1.807) is 24.1 Å². The van der Waals surface area contributed by atoms with Gasteiger partial charge in [0.25, 0.3) is 0 Å². The van der Waals surface area contributed by atoms with E-state index in [1.807, 2.05) is 42.5 Å². The fourth-order valence-corrected chi connectivity index (χ4v) is 4.24. The minimum Gasteiger partial charge on any atom is -0.497 e. The Morgan fingerprint density at radius 3 is 2.52 bits per heavy atom. The maximum Gasteiger partial charge on any atom is 0.227 e. The van der Waals surface area contributed by atoms with E-state index in [0.29, 0.717) is 25.2 Å². The summed E-state index contributed by atoms with van der Waals surface area (Å²) in [4.78, 5) is 19.4. The van der Waals surface area contributed by atoms with Crippen molar-refractivity contribution in [2.24, 2.45) is 0 Å². The van der Waals surface area contributed by atoms with Crippen molar-refractivity contribution in [3.05, 3.63) is 90.0 Å². The molecule has 0 radical (unpaired) electrons. The maximum atomic E-state index is 13.3. The van der Waals surface area contributed by atoms with E-state index in [9.17, 15) is 9.18 Å². The lowest BCUT2D eigenvalue weighted by Gasteiger charge is -2.17. The van der Waals surface area contributed by atoms with Crippen molar-refractivity contribution in [3.8, 4) is 5.75 Å². The predicted octanol–water partition coefficient (Wildman–Crippen LogP) is 4.75. The summed E-state index contributed by atoms with van der Waals surface area (Å²) in [6.07, 6.45) is 0.378. The number of ether oxygens (including phenoxy) is 1. The Morgan fingerprint density at radius 2 is 1.77 bits per heavy atom. The third-order valence-electron chi connectivity index (χ3n) is 5.81. The van der Waals surface area contributed by atoms with E-state index < -0.39 is 0 Å². The van der Waals surface area contributed by atoms with Crippen LogP contribution in [0.3, 0.4) is 0 Å². The highest BCUT2D eigenvalue weighted by Crippen LogP contribution is 2.33. The number of fused-ring (bicyclic) bond motifs is 1. The van der Waals surface area contributed by atoms with E-state index in [1.165, 1.54) is 12.1 Å². The Hall–Kier alpha value is -3.67. The molecule has 1 fully saturated rings. The Balaban J connectivity index is 1.50. The number of halogens is 1. The Morgan fingerprint density at radius 1 is 1.03 bits per heavy atom. The fourth-order valence-electron chi connectivity index (χ4n) is 4.24. The predicted molar refractivity (Wildman–Crippen MR) is 118 cm³/mol. The molecule has 1 saturated heterocycles. The second-order valence-corrected chi connectivity index (χ2v) is 7.77. The first-order valence-electron chi connectivity index (χ1n) is 10.3. The van der Waals surface area contributed by atoms with Crippen molar-refractivity contribution >= 4 is 22.6 Å². The van der Waals surface area contributed by atoms with Crippen LogP contribution in [0.4, 0.5) is 10.1 Å². The van der Waals surface area contributed by atoms with E-state index in [2.05, 4.69) is 10.6 Å². The van der Waals surface area contributed by atoms with E-state index in [4.69, 9.17) is 9.72 Å². The second-order valence-electron chi connectivity index (χ2n) is 7.77. The number of para-hydroxylation sites is 2. The average Bonchev–Trinajstić information content (AvgIpc) is 3.35. The van der Waals surface area contributed by atoms with Gasteiger partial charge in [0.1, 0.15) is 17.4 Å². The number of benzene rings is 3. The highest BCUT2D eigenvalue weighted by Gasteiger charge is 2.34. The molecule has 2 heterocycles. The first-order valence-corrected chi connectivity index (χ1v) is 10.3. The van der Waals surface area contributed by atoms with Crippen molar-refractivity contribution in [1.82, 2.24) is 9.55 Å². The summed E-state index contributed by atoms with van der Waals surface area (Å²) in [7, 11) is 1.65. The van der Waals surface area contributed by atoms with Gasteiger partial charge in [0.2, 0.25) is 5.91 Å². The first kappa shape index (κ1) is 19.3. The quantitative estimate of drug-likeness (QED) is 0.473. The summed E-state index contributed by atoms with van der Waals surface area (Å²) < 4.78 is 20.8. The van der Waals surface area contributed by atoms with Gasteiger partial charge < -0.3 is 14.2 Å². The van der Waals surface area contributed by atoms with Crippen LogP contribution in [0.15, 0.2) is 72.8 Å². The van der Waals surface area contributed by atoms with Crippen LogP contribution in [0.25, 0.3) is 11.0 Å². The number of hydrogen-bond donors (Lipinski definition) is 0. The monoisotopic (exact) mass is 415 g/mol. The summed E-state index contributed by atoms with van der Waals surface area (Å²) in [6.45, 7) is 1.18. The zero-order valence-electron chi connectivity index (χ0n) is 17.2. The van der Waals surface area contributed by atoms with Crippen molar-refractivity contribution in [2.75, 3.05) is 18.6 Å². The molecule has 0 saturated carbocycles. The van der Waals surface area contributed by atoms with Gasteiger partial charge in [0.15, 0.2) is 0 Å². The third-order valence-corrected chi connectivity index (χ3v) is 5.81. The molecule has 6 heteroatoms. The van der Waals surface area contributed by atoms with E-state index in [0.717, 1.165) is 28.2 Å². The van der Waals surface area contributed by atoms with Crippen LogP contribution in [0.1, 0.15) is 23.7 Å². The number of methoxy groups -OCH3 is 1. The van der Waals surface area contributed by atoms with Crippen LogP contribution in [-0.2, 0) is 11.3 Å². The Kier molecular flexibility index (Phi) is 4.90. The van der Waals surface area contributed by atoms with Gasteiger partial charge in [0, 0.05) is 31.1 Å². The normalized spacial score (nSPS) is 16.3. The van der Waals surface area contributed by atoms with Gasteiger partial charge >= 0.3 is 0 Å². The topological polar surface area (TPSA) is 47.4 Å². The van der Waals surface area contributed by atoms with E-state index in [-0.39, 0.29) is 17.6 Å². The number of nitrogens with zero attached hydrogens (tertiary/aromatic N) is 3. The van der Waals surface area contributed by atoms with Gasteiger partial charge in [0.05, 0.1) is 18.1 Å². The largest absolute Gasteiger partial charge is 0.497 e. The van der Waals surface area contributed by atoms with Crippen molar-refractivity contribution in [1.29, 1.82) is 0 Å². The highest BCUT2D eigenvalue weighted by molar-refractivity contribution is 5.96. The molecule has 0 N–H and O–H groups in total. The van der Waals surface area contributed by atoms with Crippen molar-refractivity contribution < 1.29 is 13.9 Å². The third kappa shape index (κ3) is 3.65. The van der Waals surface area contributed by atoms with Crippen molar-refractivity contribution in [2.45, 2.75) is 18.9 Å². The molecule has 1 aromatic heterocycles. The summed E-state index contributed by atoms with van der Waals surface area (Å²) in [6, 6.07) is 22.1. The molecule has 1 atom stereocenters. The van der Waals surface area contributed by atoms with E-state index >= 15 is 0 Å². The minimum absolute atomic E-state index is 0.0275. The molecule has 0 aliphatic carbocycles. The highest BCUT2D eigenvalue weighted by atomic mass is 19.1. The molecule has 1 aliphatic rings. The molecule has 156 valence electrons.